The van der Waals surface area contributed by atoms with E-state index in [9.17, 15) is 4.79 Å². The van der Waals surface area contributed by atoms with Crippen LogP contribution >= 0.6 is 11.6 Å². The Morgan fingerprint density at radius 2 is 2.04 bits per heavy atom. The highest BCUT2D eigenvalue weighted by molar-refractivity contribution is 6.34. The zero-order valence-electron chi connectivity index (χ0n) is 14.6. The summed E-state index contributed by atoms with van der Waals surface area (Å²) in [5.41, 5.74) is 3.20. The van der Waals surface area contributed by atoms with Crippen molar-refractivity contribution in [3.05, 3.63) is 52.9 Å². The van der Waals surface area contributed by atoms with Crippen LogP contribution in [0, 0.1) is 0 Å². The van der Waals surface area contributed by atoms with Crippen LogP contribution in [0.15, 0.2) is 40.8 Å². The van der Waals surface area contributed by atoms with E-state index < -0.39 is 5.92 Å². The number of ether oxygens (including phenoxy) is 1. The van der Waals surface area contributed by atoms with E-state index in [1.807, 2.05) is 12.1 Å². The van der Waals surface area contributed by atoms with Crippen LogP contribution in [0.2, 0.25) is 5.02 Å². The lowest BCUT2D eigenvalue weighted by Crippen LogP contribution is -2.43. The van der Waals surface area contributed by atoms with Crippen LogP contribution in [-0.2, 0) is 11.2 Å². The van der Waals surface area contributed by atoms with Crippen molar-refractivity contribution in [2.24, 2.45) is 0 Å². The van der Waals surface area contributed by atoms with Crippen LogP contribution in [-0.4, -0.2) is 37.1 Å². The number of oxazole rings is 1. The van der Waals surface area contributed by atoms with Crippen molar-refractivity contribution in [3.63, 3.8) is 0 Å². The van der Waals surface area contributed by atoms with Gasteiger partial charge in [0.25, 0.3) is 0 Å². The number of anilines is 1. The minimum Gasteiger partial charge on any atom is -0.440 e. The van der Waals surface area contributed by atoms with E-state index in [1.165, 1.54) is 0 Å². The van der Waals surface area contributed by atoms with Crippen LogP contribution in [0.4, 0.5) is 5.69 Å². The van der Waals surface area contributed by atoms with Crippen LogP contribution in [0.25, 0.3) is 11.1 Å². The molecule has 0 saturated carbocycles. The van der Waals surface area contributed by atoms with Gasteiger partial charge in [-0.05, 0) is 30.2 Å². The van der Waals surface area contributed by atoms with Crippen molar-refractivity contribution in [1.29, 1.82) is 0 Å². The van der Waals surface area contributed by atoms with E-state index in [1.54, 1.807) is 18.2 Å². The number of nitrogens with one attached hydrogen (secondary N) is 1. The quantitative estimate of drug-likeness (QED) is 0.541. The maximum Gasteiger partial charge on any atom is 0.324 e. The van der Waals surface area contributed by atoms with Gasteiger partial charge >= 0.3 is 5.97 Å². The number of fused-ring (bicyclic) bond motifs is 2. The van der Waals surface area contributed by atoms with Crippen molar-refractivity contribution in [2.45, 2.75) is 12.3 Å². The second-order valence-electron chi connectivity index (χ2n) is 6.85. The summed E-state index contributed by atoms with van der Waals surface area (Å²) in [7, 11) is 0. The van der Waals surface area contributed by atoms with E-state index in [4.69, 9.17) is 20.8 Å². The number of para-hydroxylation sites is 1. The molecule has 1 unspecified atom stereocenters. The van der Waals surface area contributed by atoms with Gasteiger partial charge in [0.1, 0.15) is 17.2 Å². The number of hydrogen-bond donors (Lipinski definition) is 1. The Morgan fingerprint density at radius 3 is 2.85 bits per heavy atom. The number of halogens is 1. The molecule has 3 aromatic rings. The molecule has 0 spiro atoms. The SMILES string of the molecule is O=C1Oc2cc(N3CCNCC3)ccc2CC1c1nc2c(Cl)cccc2o1. The van der Waals surface area contributed by atoms with E-state index in [-0.39, 0.29) is 5.97 Å². The molecule has 2 aliphatic rings. The molecule has 1 N–H and O–H groups in total. The number of aromatic nitrogens is 1. The topological polar surface area (TPSA) is 67.6 Å². The third-order valence-electron chi connectivity index (χ3n) is 5.14. The number of rotatable bonds is 2. The zero-order chi connectivity index (χ0) is 18.4. The maximum absolute atomic E-state index is 12.6. The van der Waals surface area contributed by atoms with Crippen molar-refractivity contribution in [3.8, 4) is 5.75 Å². The average molecular weight is 384 g/mol. The Balaban J connectivity index is 1.45. The smallest absolute Gasteiger partial charge is 0.324 e. The fraction of sp³-hybridized carbons (Fsp3) is 0.300. The molecule has 1 fully saturated rings. The molecule has 0 amide bonds. The fourth-order valence-corrected chi connectivity index (χ4v) is 3.89. The predicted molar refractivity (Wildman–Crippen MR) is 103 cm³/mol. The number of piperazine rings is 1. The van der Waals surface area contributed by atoms with E-state index in [2.05, 4.69) is 21.3 Å². The van der Waals surface area contributed by atoms with Gasteiger partial charge in [-0.15, -0.1) is 0 Å². The monoisotopic (exact) mass is 383 g/mol. The molecule has 0 radical (unpaired) electrons. The molecule has 1 aromatic heterocycles. The van der Waals surface area contributed by atoms with Gasteiger partial charge in [0.15, 0.2) is 5.58 Å². The van der Waals surface area contributed by atoms with Gasteiger partial charge in [0.05, 0.1) is 5.02 Å². The summed E-state index contributed by atoms with van der Waals surface area (Å²) in [6.07, 6.45) is 0.500. The minimum atomic E-state index is -0.564. The highest BCUT2D eigenvalue weighted by atomic mass is 35.5. The zero-order valence-corrected chi connectivity index (χ0v) is 15.3. The average Bonchev–Trinajstić information content (AvgIpc) is 3.13. The molecule has 2 aliphatic heterocycles. The molecular formula is C20H18ClN3O3. The highest BCUT2D eigenvalue weighted by Gasteiger charge is 2.34. The molecule has 138 valence electrons. The standard InChI is InChI=1S/C20H18ClN3O3/c21-15-2-1-3-16-18(15)23-19(26-16)14-10-12-4-5-13(11-17(12)27-20(14)25)24-8-6-22-7-9-24/h1-5,11,14,22H,6-10H2. The van der Waals surface area contributed by atoms with Crippen molar-refractivity contribution in [1.82, 2.24) is 10.3 Å². The van der Waals surface area contributed by atoms with E-state index >= 15 is 0 Å². The number of hydrogen-bond acceptors (Lipinski definition) is 6. The fourth-order valence-electron chi connectivity index (χ4n) is 3.68. The van der Waals surface area contributed by atoms with Gasteiger partial charge < -0.3 is 19.4 Å². The number of benzene rings is 2. The summed E-state index contributed by atoms with van der Waals surface area (Å²) in [5, 5.41) is 3.85. The Hall–Kier alpha value is -2.57. The number of carbonyl (C=O) groups excluding carboxylic acids is 1. The van der Waals surface area contributed by atoms with Gasteiger partial charge in [0, 0.05) is 37.9 Å². The lowest BCUT2D eigenvalue weighted by molar-refractivity contribution is -0.137. The second kappa shape index (κ2) is 6.55. The molecule has 1 atom stereocenters. The Morgan fingerprint density at radius 1 is 1.19 bits per heavy atom. The second-order valence-corrected chi connectivity index (χ2v) is 7.25. The van der Waals surface area contributed by atoms with Crippen molar-refractivity contribution in [2.75, 3.05) is 31.1 Å². The molecular weight excluding hydrogens is 366 g/mol. The molecule has 6 nitrogen and oxygen atoms in total. The molecule has 3 heterocycles. The first-order valence-corrected chi connectivity index (χ1v) is 9.42. The van der Waals surface area contributed by atoms with Crippen LogP contribution < -0.4 is 15.0 Å². The molecule has 5 rings (SSSR count). The molecule has 0 aliphatic carbocycles. The third-order valence-corrected chi connectivity index (χ3v) is 5.44. The first-order valence-electron chi connectivity index (χ1n) is 9.04. The molecule has 1 saturated heterocycles. The number of esters is 1. The molecule has 2 aromatic carbocycles. The van der Waals surface area contributed by atoms with Crippen LogP contribution in [0.1, 0.15) is 17.4 Å². The Bertz CT molecular complexity index is 1030. The largest absolute Gasteiger partial charge is 0.440 e. The van der Waals surface area contributed by atoms with Gasteiger partial charge in [-0.25, -0.2) is 4.98 Å². The van der Waals surface area contributed by atoms with Gasteiger partial charge in [-0.3, -0.25) is 4.79 Å². The summed E-state index contributed by atoms with van der Waals surface area (Å²) in [6, 6.07) is 11.4. The third kappa shape index (κ3) is 2.95. The van der Waals surface area contributed by atoms with Crippen molar-refractivity contribution >= 4 is 34.4 Å². The van der Waals surface area contributed by atoms with E-state index in [0.29, 0.717) is 34.2 Å². The predicted octanol–water partition coefficient (Wildman–Crippen LogP) is 3.14. The minimum absolute atomic E-state index is 0.345. The van der Waals surface area contributed by atoms with E-state index in [0.717, 1.165) is 37.4 Å². The van der Waals surface area contributed by atoms with Gasteiger partial charge in [0.2, 0.25) is 5.89 Å². The van der Waals surface area contributed by atoms with Crippen LogP contribution in [0.3, 0.4) is 0 Å². The molecule has 7 heteroatoms. The summed E-state index contributed by atoms with van der Waals surface area (Å²) in [6.45, 7) is 3.80. The van der Waals surface area contributed by atoms with Gasteiger partial charge in [-0.1, -0.05) is 23.7 Å². The summed E-state index contributed by atoms with van der Waals surface area (Å²) in [4.78, 5) is 19.4. The summed E-state index contributed by atoms with van der Waals surface area (Å²) >= 11 is 6.17. The first kappa shape index (κ1) is 16.6. The summed E-state index contributed by atoms with van der Waals surface area (Å²) in [5.74, 6) is 0.0648. The Labute approximate surface area is 161 Å². The maximum atomic E-state index is 12.6. The normalized spacial score (nSPS) is 19.8. The Kier molecular flexibility index (Phi) is 4.02. The highest BCUT2D eigenvalue weighted by Crippen LogP contribution is 2.37. The molecule has 27 heavy (non-hydrogen) atoms. The van der Waals surface area contributed by atoms with Crippen molar-refractivity contribution < 1.29 is 13.9 Å². The summed E-state index contributed by atoms with van der Waals surface area (Å²) < 4.78 is 11.4. The van der Waals surface area contributed by atoms with Crippen LogP contribution in [0.5, 0.6) is 5.75 Å². The first-order chi connectivity index (χ1) is 13.2. The molecule has 0 bridgehead atoms. The number of carbonyl (C=O) groups is 1. The lowest BCUT2D eigenvalue weighted by Gasteiger charge is -2.30. The number of nitrogens with zero attached hydrogens (tertiary/aromatic N) is 2. The lowest BCUT2D eigenvalue weighted by atomic mass is 9.95. The van der Waals surface area contributed by atoms with Gasteiger partial charge in [-0.2, -0.15) is 0 Å².